The van der Waals surface area contributed by atoms with Gasteiger partial charge in [-0.2, -0.15) is 0 Å². The smallest absolute Gasteiger partial charge is 0.309 e. The van der Waals surface area contributed by atoms with Gasteiger partial charge >= 0.3 is 6.03 Å². The summed E-state index contributed by atoms with van der Waals surface area (Å²) >= 11 is 0. The van der Waals surface area contributed by atoms with Gasteiger partial charge in [-0.25, -0.2) is 4.79 Å². The molecule has 0 aliphatic heterocycles. The lowest BCUT2D eigenvalue weighted by molar-refractivity contribution is 0.256. The van der Waals surface area contributed by atoms with E-state index in [4.69, 9.17) is 15.0 Å². The van der Waals surface area contributed by atoms with Gasteiger partial charge in [-0.05, 0) is 12.1 Å². The van der Waals surface area contributed by atoms with Crippen LogP contribution in [0.15, 0.2) is 24.3 Å². The summed E-state index contributed by atoms with van der Waals surface area (Å²) in [5.41, 5.74) is 8.50. The maximum atomic E-state index is 9.00. The molecule has 5 nitrogen and oxygen atoms in total. The molecule has 6 N–H and O–H groups in total. The Bertz CT molecular complexity index is 238. The highest BCUT2D eigenvalue weighted by atomic mass is 16.3. The highest BCUT2D eigenvalue weighted by Crippen LogP contribution is 2.21. The normalized spacial score (nSPS) is 8.00. The van der Waals surface area contributed by atoms with Crippen molar-refractivity contribution in [1.29, 1.82) is 0 Å². The Morgan fingerprint density at radius 2 is 1.33 bits per heavy atom. The number of carbonyl (C=O) groups is 1. The number of aromatic hydroxyl groups is 2. The van der Waals surface area contributed by atoms with E-state index < -0.39 is 6.03 Å². The SMILES string of the molecule is NC(N)=O.Oc1ccccc1O. The molecule has 0 aromatic heterocycles. The summed E-state index contributed by atoms with van der Waals surface area (Å²) in [6.07, 6.45) is 0. The van der Waals surface area contributed by atoms with Gasteiger partial charge in [-0.3, -0.25) is 0 Å². The third-order valence-electron chi connectivity index (χ3n) is 0.882. The highest BCUT2D eigenvalue weighted by Gasteiger charge is 1.90. The lowest BCUT2D eigenvalue weighted by atomic mass is 10.3. The van der Waals surface area contributed by atoms with Crippen LogP contribution in [0.3, 0.4) is 0 Å². The van der Waals surface area contributed by atoms with Crippen LogP contribution in [-0.2, 0) is 0 Å². The number of primary amides is 2. The molecule has 0 fully saturated rings. The van der Waals surface area contributed by atoms with Crippen LogP contribution >= 0.6 is 0 Å². The van der Waals surface area contributed by atoms with Gasteiger partial charge in [0.05, 0.1) is 0 Å². The van der Waals surface area contributed by atoms with Gasteiger partial charge in [0.15, 0.2) is 11.5 Å². The number of rotatable bonds is 0. The van der Waals surface area contributed by atoms with Crippen molar-refractivity contribution in [1.82, 2.24) is 0 Å². The topological polar surface area (TPSA) is 110 Å². The fourth-order valence-electron chi connectivity index (χ4n) is 0.464. The Balaban J connectivity index is 0.000000261. The molecule has 0 radical (unpaired) electrons. The first-order valence-electron chi connectivity index (χ1n) is 3.06. The lowest BCUT2D eigenvalue weighted by Gasteiger charge is -1.91. The third kappa shape index (κ3) is 4.92. The monoisotopic (exact) mass is 170 g/mol. The molecule has 0 heterocycles. The second kappa shape index (κ2) is 4.84. The molecule has 0 saturated carbocycles. The first-order chi connectivity index (χ1) is 5.54. The minimum atomic E-state index is -0.833. The summed E-state index contributed by atoms with van der Waals surface area (Å²) in [4.78, 5) is 9.00. The van der Waals surface area contributed by atoms with Crippen LogP contribution in [0.5, 0.6) is 11.5 Å². The molecule has 1 aromatic carbocycles. The summed E-state index contributed by atoms with van der Waals surface area (Å²) in [5.74, 6) is -0.153. The van der Waals surface area contributed by atoms with Crippen molar-refractivity contribution in [2.24, 2.45) is 11.5 Å². The lowest BCUT2D eigenvalue weighted by Crippen LogP contribution is -2.18. The fourth-order valence-corrected chi connectivity index (χ4v) is 0.464. The molecule has 66 valence electrons. The Labute approximate surface area is 69.2 Å². The van der Waals surface area contributed by atoms with Gasteiger partial charge < -0.3 is 21.7 Å². The summed E-state index contributed by atoms with van der Waals surface area (Å²) in [5, 5.41) is 17.3. The summed E-state index contributed by atoms with van der Waals surface area (Å²) < 4.78 is 0. The standard InChI is InChI=1S/C6H6O2.CH4N2O/c7-5-3-1-2-4-6(5)8;2-1(3)4/h1-4,7-8H;(H4,2,3,4). The van der Waals surface area contributed by atoms with Gasteiger partial charge in [-0.15, -0.1) is 0 Å². The van der Waals surface area contributed by atoms with Gasteiger partial charge in [0.25, 0.3) is 0 Å². The van der Waals surface area contributed by atoms with Crippen LogP contribution in [0, 0.1) is 0 Å². The van der Waals surface area contributed by atoms with E-state index in [2.05, 4.69) is 11.5 Å². The Hall–Kier alpha value is -1.91. The molecule has 0 aliphatic rings. The van der Waals surface area contributed by atoms with Gasteiger partial charge in [0, 0.05) is 0 Å². The molecule has 1 rings (SSSR count). The van der Waals surface area contributed by atoms with Crippen LogP contribution in [0.1, 0.15) is 0 Å². The molecule has 0 spiro atoms. The van der Waals surface area contributed by atoms with Crippen molar-refractivity contribution < 1.29 is 15.0 Å². The number of phenols is 2. The predicted molar refractivity (Wildman–Crippen MR) is 43.5 cm³/mol. The first-order valence-corrected chi connectivity index (χ1v) is 3.06. The molecular weight excluding hydrogens is 160 g/mol. The average Bonchev–Trinajstić information content (AvgIpc) is 1.94. The number of benzene rings is 1. The average molecular weight is 170 g/mol. The van der Waals surface area contributed by atoms with Crippen molar-refractivity contribution in [2.45, 2.75) is 0 Å². The van der Waals surface area contributed by atoms with E-state index >= 15 is 0 Å². The summed E-state index contributed by atoms with van der Waals surface area (Å²) in [7, 11) is 0. The highest BCUT2D eigenvalue weighted by molar-refractivity contribution is 5.69. The number of carbonyl (C=O) groups excluding carboxylic acids is 1. The Morgan fingerprint density at radius 3 is 1.50 bits per heavy atom. The van der Waals surface area contributed by atoms with E-state index in [1.807, 2.05) is 0 Å². The summed E-state index contributed by atoms with van der Waals surface area (Å²) in [6, 6.07) is 5.31. The molecule has 0 bridgehead atoms. The van der Waals surface area contributed by atoms with E-state index in [9.17, 15) is 0 Å². The Morgan fingerprint density at radius 1 is 1.08 bits per heavy atom. The minimum absolute atomic E-state index is 0.0764. The van der Waals surface area contributed by atoms with Crippen molar-refractivity contribution in [2.75, 3.05) is 0 Å². The van der Waals surface area contributed by atoms with E-state index in [1.165, 1.54) is 12.1 Å². The second-order valence-corrected chi connectivity index (χ2v) is 1.89. The molecule has 1 aromatic rings. The molecule has 0 unspecified atom stereocenters. The molecule has 12 heavy (non-hydrogen) atoms. The van der Waals surface area contributed by atoms with Gasteiger partial charge in [0.2, 0.25) is 0 Å². The predicted octanol–water partition coefficient (Wildman–Crippen LogP) is 0.122. The molecular formula is C7H10N2O3. The van der Waals surface area contributed by atoms with Gasteiger partial charge in [-0.1, -0.05) is 12.1 Å². The number of phenolic OH excluding ortho intramolecular Hbond substituents is 2. The fraction of sp³-hybridized carbons (Fsp3) is 0. The molecule has 2 amide bonds. The second-order valence-electron chi connectivity index (χ2n) is 1.89. The molecule has 0 atom stereocenters. The largest absolute Gasteiger partial charge is 0.504 e. The van der Waals surface area contributed by atoms with Crippen LogP contribution in [0.25, 0.3) is 0 Å². The number of nitrogens with two attached hydrogens (primary N) is 2. The first kappa shape index (κ1) is 10.1. The zero-order chi connectivity index (χ0) is 9.56. The maximum absolute atomic E-state index is 9.00. The van der Waals surface area contributed by atoms with Crippen LogP contribution < -0.4 is 11.5 Å². The van der Waals surface area contributed by atoms with Crippen molar-refractivity contribution in [3.8, 4) is 11.5 Å². The Kier molecular flexibility index (Phi) is 4.07. The zero-order valence-corrected chi connectivity index (χ0v) is 6.27. The van der Waals surface area contributed by atoms with E-state index in [1.54, 1.807) is 12.1 Å². The van der Waals surface area contributed by atoms with E-state index in [0.717, 1.165) is 0 Å². The third-order valence-corrected chi connectivity index (χ3v) is 0.882. The van der Waals surface area contributed by atoms with Crippen molar-refractivity contribution >= 4 is 6.03 Å². The van der Waals surface area contributed by atoms with Crippen LogP contribution in [-0.4, -0.2) is 16.2 Å². The minimum Gasteiger partial charge on any atom is -0.504 e. The van der Waals surface area contributed by atoms with E-state index in [-0.39, 0.29) is 11.5 Å². The van der Waals surface area contributed by atoms with Crippen LogP contribution in [0.2, 0.25) is 0 Å². The summed E-state index contributed by atoms with van der Waals surface area (Å²) in [6.45, 7) is 0. The van der Waals surface area contributed by atoms with Crippen molar-refractivity contribution in [3.63, 3.8) is 0 Å². The number of urea groups is 1. The number of hydrogen-bond acceptors (Lipinski definition) is 3. The molecule has 0 aliphatic carbocycles. The number of amides is 2. The molecule has 5 heteroatoms. The van der Waals surface area contributed by atoms with E-state index in [0.29, 0.717) is 0 Å². The quantitative estimate of drug-likeness (QED) is 0.415. The molecule has 0 saturated heterocycles. The number of hydrogen-bond donors (Lipinski definition) is 4. The zero-order valence-electron chi connectivity index (χ0n) is 6.27. The van der Waals surface area contributed by atoms with Crippen LogP contribution in [0.4, 0.5) is 4.79 Å². The van der Waals surface area contributed by atoms with Gasteiger partial charge in [0.1, 0.15) is 0 Å². The maximum Gasteiger partial charge on any atom is 0.309 e. The van der Waals surface area contributed by atoms with Crippen molar-refractivity contribution in [3.05, 3.63) is 24.3 Å². The number of para-hydroxylation sites is 2.